The molecule has 0 aliphatic carbocycles. The van der Waals surface area contributed by atoms with Crippen molar-refractivity contribution in [1.29, 1.82) is 0 Å². The van der Waals surface area contributed by atoms with Crippen LogP contribution >= 0.6 is 0 Å². The number of nitro groups is 2. The highest BCUT2D eigenvalue weighted by Gasteiger charge is 2.33. The monoisotopic (exact) mass is 368 g/mol. The molecule has 0 saturated carbocycles. The van der Waals surface area contributed by atoms with Crippen molar-refractivity contribution >= 4 is 22.8 Å². The van der Waals surface area contributed by atoms with E-state index in [1.807, 2.05) is 0 Å². The van der Waals surface area contributed by atoms with Gasteiger partial charge >= 0.3 is 6.18 Å². The SMILES string of the molecule is CC(=NNc1ccc(C(F)(F)F)cc1[N+](=O)[O-])c1ccc([N+](=O)[O-])cc1. The van der Waals surface area contributed by atoms with Gasteiger partial charge in [0.15, 0.2) is 0 Å². The fraction of sp³-hybridized carbons (Fsp3) is 0.133. The third kappa shape index (κ3) is 4.32. The number of non-ortho nitro benzene ring substituents is 1. The Bertz CT molecular complexity index is 879. The molecule has 0 unspecified atom stereocenters. The average molecular weight is 368 g/mol. The summed E-state index contributed by atoms with van der Waals surface area (Å²) in [5, 5.41) is 25.5. The van der Waals surface area contributed by atoms with Crippen molar-refractivity contribution in [2.45, 2.75) is 13.1 Å². The maximum absolute atomic E-state index is 12.7. The molecule has 0 fully saturated rings. The molecular formula is C15H11F3N4O4. The van der Waals surface area contributed by atoms with Crippen LogP contribution in [0.5, 0.6) is 0 Å². The van der Waals surface area contributed by atoms with Crippen LogP contribution in [0.1, 0.15) is 18.1 Å². The van der Waals surface area contributed by atoms with E-state index in [-0.39, 0.29) is 11.4 Å². The Labute approximate surface area is 144 Å². The third-order valence-electron chi connectivity index (χ3n) is 3.36. The van der Waals surface area contributed by atoms with Crippen LogP contribution in [0, 0.1) is 20.2 Å². The molecule has 0 bridgehead atoms. The Kier molecular flexibility index (Phi) is 5.19. The molecule has 0 spiro atoms. The lowest BCUT2D eigenvalue weighted by Crippen LogP contribution is -2.07. The Morgan fingerprint density at radius 1 is 1.04 bits per heavy atom. The van der Waals surface area contributed by atoms with E-state index in [9.17, 15) is 33.4 Å². The van der Waals surface area contributed by atoms with E-state index < -0.39 is 27.3 Å². The predicted molar refractivity (Wildman–Crippen MR) is 87.0 cm³/mol. The fourth-order valence-electron chi connectivity index (χ4n) is 1.99. The minimum atomic E-state index is -4.71. The molecule has 2 aromatic rings. The van der Waals surface area contributed by atoms with Gasteiger partial charge in [-0.3, -0.25) is 25.7 Å². The molecule has 0 aliphatic rings. The maximum Gasteiger partial charge on any atom is 0.416 e. The number of nitrogens with zero attached hydrogens (tertiary/aromatic N) is 3. The van der Waals surface area contributed by atoms with Crippen LogP contribution < -0.4 is 5.43 Å². The molecular weight excluding hydrogens is 357 g/mol. The molecule has 0 heterocycles. The second-order valence-corrected chi connectivity index (χ2v) is 5.10. The van der Waals surface area contributed by atoms with Crippen molar-refractivity contribution in [3.05, 3.63) is 73.8 Å². The van der Waals surface area contributed by atoms with Crippen molar-refractivity contribution in [2.75, 3.05) is 5.43 Å². The zero-order chi connectivity index (χ0) is 19.5. The highest BCUT2D eigenvalue weighted by molar-refractivity contribution is 5.99. The summed E-state index contributed by atoms with van der Waals surface area (Å²) in [6.07, 6.45) is -4.71. The van der Waals surface area contributed by atoms with Crippen LogP contribution in [0.15, 0.2) is 47.6 Å². The lowest BCUT2D eigenvalue weighted by Gasteiger charge is -2.09. The second kappa shape index (κ2) is 7.17. The average Bonchev–Trinajstić information content (AvgIpc) is 2.58. The van der Waals surface area contributed by atoms with Crippen LogP contribution in [0.3, 0.4) is 0 Å². The van der Waals surface area contributed by atoms with Gasteiger partial charge in [0, 0.05) is 18.2 Å². The number of hydrogen-bond acceptors (Lipinski definition) is 6. The minimum absolute atomic E-state index is 0.118. The van der Waals surface area contributed by atoms with Gasteiger partial charge in [0.1, 0.15) is 5.69 Å². The summed E-state index contributed by atoms with van der Waals surface area (Å²) in [5.41, 5.74) is 0.919. The van der Waals surface area contributed by atoms with E-state index in [1.165, 1.54) is 31.2 Å². The van der Waals surface area contributed by atoms with Gasteiger partial charge in [0.2, 0.25) is 0 Å². The number of nitrogens with one attached hydrogen (secondary N) is 1. The topological polar surface area (TPSA) is 111 Å². The van der Waals surface area contributed by atoms with Gasteiger partial charge in [-0.25, -0.2) is 0 Å². The Morgan fingerprint density at radius 3 is 2.15 bits per heavy atom. The molecule has 0 atom stereocenters. The Morgan fingerprint density at radius 2 is 1.65 bits per heavy atom. The number of rotatable bonds is 5. The van der Waals surface area contributed by atoms with Gasteiger partial charge in [-0.15, -0.1) is 0 Å². The Balaban J connectivity index is 2.28. The summed E-state index contributed by atoms with van der Waals surface area (Å²) in [6.45, 7) is 1.53. The summed E-state index contributed by atoms with van der Waals surface area (Å²) in [4.78, 5) is 20.1. The highest BCUT2D eigenvalue weighted by Crippen LogP contribution is 2.35. The third-order valence-corrected chi connectivity index (χ3v) is 3.36. The van der Waals surface area contributed by atoms with Crippen molar-refractivity contribution in [2.24, 2.45) is 5.10 Å². The van der Waals surface area contributed by atoms with Crippen LogP contribution in [0.25, 0.3) is 0 Å². The molecule has 0 saturated heterocycles. The van der Waals surface area contributed by atoms with Crippen molar-refractivity contribution in [3.8, 4) is 0 Å². The van der Waals surface area contributed by atoms with E-state index in [2.05, 4.69) is 10.5 Å². The molecule has 26 heavy (non-hydrogen) atoms. The molecule has 2 aromatic carbocycles. The van der Waals surface area contributed by atoms with E-state index >= 15 is 0 Å². The quantitative estimate of drug-likeness (QED) is 0.479. The fourth-order valence-corrected chi connectivity index (χ4v) is 1.99. The van der Waals surface area contributed by atoms with Gasteiger partial charge in [-0.05, 0) is 36.8 Å². The molecule has 0 radical (unpaired) electrons. The first-order valence-electron chi connectivity index (χ1n) is 7.00. The zero-order valence-corrected chi connectivity index (χ0v) is 13.1. The molecule has 11 heteroatoms. The molecule has 136 valence electrons. The van der Waals surface area contributed by atoms with Crippen LogP contribution in [0.2, 0.25) is 0 Å². The predicted octanol–water partition coefficient (Wildman–Crippen LogP) is 4.36. The summed E-state index contributed by atoms with van der Waals surface area (Å²) in [5.74, 6) is 0. The molecule has 0 amide bonds. The van der Waals surface area contributed by atoms with Crippen molar-refractivity contribution < 1.29 is 23.0 Å². The maximum atomic E-state index is 12.7. The molecule has 2 rings (SSSR count). The van der Waals surface area contributed by atoms with Crippen LogP contribution in [-0.2, 0) is 6.18 Å². The first-order chi connectivity index (χ1) is 12.1. The number of benzene rings is 2. The second-order valence-electron chi connectivity index (χ2n) is 5.10. The number of nitro benzene ring substituents is 2. The Hall–Kier alpha value is -3.50. The molecule has 1 N–H and O–H groups in total. The van der Waals surface area contributed by atoms with E-state index in [0.717, 1.165) is 6.07 Å². The van der Waals surface area contributed by atoms with Gasteiger partial charge in [0.05, 0.1) is 21.1 Å². The van der Waals surface area contributed by atoms with Crippen LogP contribution in [-0.4, -0.2) is 15.6 Å². The summed E-state index contributed by atoms with van der Waals surface area (Å²) in [7, 11) is 0. The van der Waals surface area contributed by atoms with Crippen molar-refractivity contribution in [3.63, 3.8) is 0 Å². The smallest absolute Gasteiger partial charge is 0.271 e. The largest absolute Gasteiger partial charge is 0.416 e. The number of anilines is 1. The number of hydrogen-bond donors (Lipinski definition) is 1. The lowest BCUT2D eigenvalue weighted by atomic mass is 10.1. The van der Waals surface area contributed by atoms with Gasteiger partial charge < -0.3 is 0 Å². The van der Waals surface area contributed by atoms with E-state index in [1.54, 1.807) is 0 Å². The van der Waals surface area contributed by atoms with Crippen LogP contribution in [0.4, 0.5) is 30.2 Å². The standard InChI is InChI=1S/C15H11F3N4O4/c1-9(10-2-5-12(6-3-10)21(23)24)19-20-13-7-4-11(15(16,17)18)8-14(13)22(25)26/h2-8,20H,1H3. The van der Waals surface area contributed by atoms with Gasteiger partial charge in [-0.1, -0.05) is 0 Å². The summed E-state index contributed by atoms with van der Waals surface area (Å²) in [6, 6.07) is 7.40. The highest BCUT2D eigenvalue weighted by atomic mass is 19.4. The number of alkyl halides is 3. The molecule has 0 aromatic heterocycles. The first-order valence-corrected chi connectivity index (χ1v) is 7.00. The summed E-state index contributed by atoms with van der Waals surface area (Å²) >= 11 is 0. The number of halogens is 3. The molecule has 8 nitrogen and oxygen atoms in total. The number of hydrazone groups is 1. The zero-order valence-electron chi connectivity index (χ0n) is 13.1. The normalized spacial score (nSPS) is 11.9. The summed E-state index contributed by atoms with van der Waals surface area (Å²) < 4.78 is 38.0. The van der Waals surface area contributed by atoms with Gasteiger partial charge in [0.25, 0.3) is 11.4 Å². The molecule has 0 aliphatic heterocycles. The lowest BCUT2D eigenvalue weighted by molar-refractivity contribution is -0.384. The van der Waals surface area contributed by atoms with Crippen molar-refractivity contribution in [1.82, 2.24) is 0 Å². The van der Waals surface area contributed by atoms with E-state index in [4.69, 9.17) is 0 Å². The van der Waals surface area contributed by atoms with Gasteiger partial charge in [-0.2, -0.15) is 18.3 Å². The first kappa shape index (κ1) is 18.8. The minimum Gasteiger partial charge on any atom is -0.271 e. The van der Waals surface area contributed by atoms with E-state index in [0.29, 0.717) is 23.4 Å².